The summed E-state index contributed by atoms with van der Waals surface area (Å²) in [7, 11) is 0. The van der Waals surface area contributed by atoms with Crippen LogP contribution in [0.15, 0.2) is 53.1 Å². The quantitative estimate of drug-likeness (QED) is 0.917. The van der Waals surface area contributed by atoms with Crippen LogP contribution in [0.5, 0.6) is 0 Å². The number of nitrogens with zero attached hydrogens (tertiary/aromatic N) is 1. The molecule has 0 aliphatic heterocycles. The molecule has 0 spiro atoms. The summed E-state index contributed by atoms with van der Waals surface area (Å²) < 4.78 is 0.987. The maximum Gasteiger partial charge on any atom is 0.140 e. The molecule has 15 heavy (non-hydrogen) atoms. The summed E-state index contributed by atoms with van der Waals surface area (Å²) in [4.78, 5) is 4.24. The molecule has 3 heteroatoms. The first kappa shape index (κ1) is 10.2. The van der Waals surface area contributed by atoms with Crippen LogP contribution in [0.1, 0.15) is 5.56 Å². The molecule has 2 aromatic rings. The Balaban J connectivity index is 2.03. The first-order valence-electron chi connectivity index (χ1n) is 4.74. The van der Waals surface area contributed by atoms with E-state index < -0.39 is 0 Å². The number of rotatable bonds is 3. The summed E-state index contributed by atoms with van der Waals surface area (Å²) in [6, 6.07) is 14.1. The average Bonchev–Trinajstić information content (AvgIpc) is 2.29. The van der Waals surface area contributed by atoms with Gasteiger partial charge in [0.05, 0.1) is 4.47 Å². The van der Waals surface area contributed by atoms with E-state index in [0.29, 0.717) is 0 Å². The van der Waals surface area contributed by atoms with E-state index in [1.165, 1.54) is 5.56 Å². The van der Waals surface area contributed by atoms with Crippen LogP contribution < -0.4 is 5.32 Å². The monoisotopic (exact) mass is 262 g/mol. The van der Waals surface area contributed by atoms with Crippen LogP contribution >= 0.6 is 15.9 Å². The molecule has 0 saturated heterocycles. The minimum Gasteiger partial charge on any atom is -0.365 e. The maximum absolute atomic E-state index is 4.24. The Morgan fingerprint density at radius 1 is 1.07 bits per heavy atom. The van der Waals surface area contributed by atoms with E-state index in [1.807, 2.05) is 30.3 Å². The summed E-state index contributed by atoms with van der Waals surface area (Å²) in [5, 5.41) is 3.27. The van der Waals surface area contributed by atoms with Gasteiger partial charge in [-0.3, -0.25) is 0 Å². The second kappa shape index (κ2) is 4.94. The predicted octanol–water partition coefficient (Wildman–Crippen LogP) is 3.46. The van der Waals surface area contributed by atoms with Gasteiger partial charge >= 0.3 is 0 Å². The number of benzene rings is 1. The Kier molecular flexibility index (Phi) is 3.35. The van der Waals surface area contributed by atoms with Gasteiger partial charge < -0.3 is 5.32 Å². The number of hydrogen-bond acceptors (Lipinski definition) is 2. The molecule has 2 nitrogen and oxygen atoms in total. The molecule has 0 fully saturated rings. The molecule has 0 unspecified atom stereocenters. The van der Waals surface area contributed by atoms with E-state index in [4.69, 9.17) is 0 Å². The molecule has 0 aliphatic carbocycles. The molecule has 0 atom stereocenters. The molecule has 0 amide bonds. The van der Waals surface area contributed by atoms with Crippen molar-refractivity contribution < 1.29 is 0 Å². The molecule has 1 heterocycles. The highest BCUT2D eigenvalue weighted by molar-refractivity contribution is 9.10. The van der Waals surface area contributed by atoms with Crippen LogP contribution in [0.2, 0.25) is 0 Å². The molecule has 0 bridgehead atoms. The van der Waals surface area contributed by atoms with Gasteiger partial charge in [0.2, 0.25) is 0 Å². The van der Waals surface area contributed by atoms with Gasteiger partial charge in [-0.2, -0.15) is 0 Å². The van der Waals surface area contributed by atoms with Crippen molar-refractivity contribution in [1.29, 1.82) is 0 Å². The lowest BCUT2D eigenvalue weighted by Crippen LogP contribution is -2.01. The van der Waals surface area contributed by atoms with E-state index in [9.17, 15) is 0 Å². The van der Waals surface area contributed by atoms with Crippen LogP contribution in [0.4, 0.5) is 5.82 Å². The minimum atomic E-state index is 0.788. The summed E-state index contributed by atoms with van der Waals surface area (Å²) in [6.07, 6.45) is 1.78. The summed E-state index contributed by atoms with van der Waals surface area (Å²) in [5.74, 6) is 0.876. The first-order valence-corrected chi connectivity index (χ1v) is 5.54. The fourth-order valence-corrected chi connectivity index (χ4v) is 1.69. The van der Waals surface area contributed by atoms with Gasteiger partial charge in [-0.15, -0.1) is 0 Å². The fourth-order valence-electron chi connectivity index (χ4n) is 1.30. The summed E-state index contributed by atoms with van der Waals surface area (Å²) >= 11 is 3.44. The van der Waals surface area contributed by atoms with Gasteiger partial charge in [-0.05, 0) is 33.6 Å². The van der Waals surface area contributed by atoms with E-state index in [0.717, 1.165) is 16.8 Å². The van der Waals surface area contributed by atoms with E-state index in [-0.39, 0.29) is 0 Å². The van der Waals surface area contributed by atoms with Crippen molar-refractivity contribution in [2.75, 3.05) is 5.32 Å². The van der Waals surface area contributed by atoms with E-state index in [1.54, 1.807) is 6.20 Å². The van der Waals surface area contributed by atoms with Crippen molar-refractivity contribution in [1.82, 2.24) is 4.98 Å². The van der Waals surface area contributed by atoms with Crippen molar-refractivity contribution in [2.24, 2.45) is 0 Å². The molecule has 0 radical (unpaired) electrons. The van der Waals surface area contributed by atoms with Crippen LogP contribution in [0.25, 0.3) is 0 Å². The topological polar surface area (TPSA) is 24.9 Å². The van der Waals surface area contributed by atoms with E-state index in [2.05, 4.69) is 38.4 Å². The van der Waals surface area contributed by atoms with Crippen molar-refractivity contribution in [3.63, 3.8) is 0 Å². The lowest BCUT2D eigenvalue weighted by atomic mass is 10.2. The zero-order valence-electron chi connectivity index (χ0n) is 8.15. The average molecular weight is 263 g/mol. The Hall–Kier alpha value is -1.35. The summed E-state index contributed by atoms with van der Waals surface area (Å²) in [5.41, 5.74) is 1.25. The molecule has 0 aliphatic rings. The van der Waals surface area contributed by atoms with Crippen LogP contribution in [-0.4, -0.2) is 4.98 Å². The minimum absolute atomic E-state index is 0.788. The molecular weight excluding hydrogens is 252 g/mol. The zero-order chi connectivity index (χ0) is 10.5. The highest BCUT2D eigenvalue weighted by Crippen LogP contribution is 2.18. The fraction of sp³-hybridized carbons (Fsp3) is 0.0833. The third-order valence-corrected chi connectivity index (χ3v) is 2.70. The van der Waals surface area contributed by atoms with Crippen LogP contribution in [-0.2, 0) is 6.54 Å². The Morgan fingerprint density at radius 2 is 1.87 bits per heavy atom. The molecule has 76 valence electrons. The van der Waals surface area contributed by atoms with Gasteiger partial charge in [-0.25, -0.2) is 4.98 Å². The largest absolute Gasteiger partial charge is 0.365 e. The smallest absolute Gasteiger partial charge is 0.140 e. The predicted molar refractivity (Wildman–Crippen MR) is 65.7 cm³/mol. The molecule has 0 saturated carbocycles. The lowest BCUT2D eigenvalue weighted by Gasteiger charge is -2.06. The molecular formula is C12H11BrN2. The number of pyridine rings is 1. The van der Waals surface area contributed by atoms with Crippen molar-refractivity contribution in [3.8, 4) is 0 Å². The standard InChI is InChI=1S/C12H11BrN2/c13-11-7-4-8-14-12(11)15-9-10-5-2-1-3-6-10/h1-8H,9H2,(H,14,15). The lowest BCUT2D eigenvalue weighted by molar-refractivity contribution is 1.11. The van der Waals surface area contributed by atoms with Crippen molar-refractivity contribution in [2.45, 2.75) is 6.54 Å². The third kappa shape index (κ3) is 2.80. The molecule has 1 N–H and O–H groups in total. The Morgan fingerprint density at radius 3 is 2.60 bits per heavy atom. The van der Waals surface area contributed by atoms with Gasteiger partial charge in [0.1, 0.15) is 5.82 Å². The second-order valence-corrected chi connectivity index (χ2v) is 4.03. The highest BCUT2D eigenvalue weighted by atomic mass is 79.9. The first-order chi connectivity index (χ1) is 7.36. The van der Waals surface area contributed by atoms with Gasteiger partial charge in [0.25, 0.3) is 0 Å². The molecule has 1 aromatic carbocycles. The number of hydrogen-bond donors (Lipinski definition) is 1. The van der Waals surface area contributed by atoms with Crippen molar-refractivity contribution >= 4 is 21.7 Å². The van der Waals surface area contributed by atoms with E-state index >= 15 is 0 Å². The van der Waals surface area contributed by atoms with Gasteiger partial charge in [-0.1, -0.05) is 30.3 Å². The molecule has 1 aromatic heterocycles. The molecule has 2 rings (SSSR count). The van der Waals surface area contributed by atoms with Gasteiger partial charge in [0.15, 0.2) is 0 Å². The highest BCUT2D eigenvalue weighted by Gasteiger charge is 1.98. The number of nitrogens with one attached hydrogen (secondary N) is 1. The Labute approximate surface area is 97.5 Å². The second-order valence-electron chi connectivity index (χ2n) is 3.17. The normalized spacial score (nSPS) is 9.93. The SMILES string of the molecule is Brc1cccnc1NCc1ccccc1. The number of anilines is 1. The number of aromatic nitrogens is 1. The number of halogens is 1. The van der Waals surface area contributed by atoms with Crippen LogP contribution in [0, 0.1) is 0 Å². The van der Waals surface area contributed by atoms with Crippen molar-refractivity contribution in [3.05, 3.63) is 58.7 Å². The third-order valence-electron chi connectivity index (χ3n) is 2.06. The maximum atomic E-state index is 4.24. The zero-order valence-corrected chi connectivity index (χ0v) is 9.74. The summed E-state index contributed by atoms with van der Waals surface area (Å²) in [6.45, 7) is 0.788. The van der Waals surface area contributed by atoms with Gasteiger partial charge in [0, 0.05) is 12.7 Å². The Bertz CT molecular complexity index is 429. The van der Waals surface area contributed by atoms with Crippen LogP contribution in [0.3, 0.4) is 0 Å².